The molecule has 1 aromatic carbocycles. The van der Waals surface area contributed by atoms with Gasteiger partial charge in [-0.05, 0) is 50.7 Å². The summed E-state index contributed by atoms with van der Waals surface area (Å²) in [6.45, 7) is 12.4. The first-order valence-corrected chi connectivity index (χ1v) is 7.88. The smallest absolute Gasteiger partial charge is 0.399 e. The fourth-order valence-corrected chi connectivity index (χ4v) is 2.49. The molecule has 1 saturated heterocycles. The van der Waals surface area contributed by atoms with E-state index in [1.807, 2.05) is 6.07 Å². The molecule has 1 amide bonds. The summed E-state index contributed by atoms with van der Waals surface area (Å²) >= 11 is 0. The first-order chi connectivity index (χ1) is 10.2. The highest BCUT2D eigenvalue weighted by Gasteiger charge is 2.51. The lowest BCUT2D eigenvalue weighted by Gasteiger charge is -2.32. The monoisotopic (exact) mass is 303 g/mol. The van der Waals surface area contributed by atoms with Crippen molar-refractivity contribution in [1.29, 1.82) is 0 Å². The van der Waals surface area contributed by atoms with Gasteiger partial charge in [-0.3, -0.25) is 4.79 Å². The number of amides is 1. The number of carbonyl (C=O) groups excluding carboxylic acids is 1. The van der Waals surface area contributed by atoms with Crippen molar-refractivity contribution >= 4 is 18.5 Å². The fourth-order valence-electron chi connectivity index (χ4n) is 2.49. The Bertz CT molecular complexity index is 553. The van der Waals surface area contributed by atoms with Gasteiger partial charge in [0.15, 0.2) is 0 Å². The second kappa shape index (κ2) is 6.05. The Morgan fingerprint density at radius 2 is 1.73 bits per heavy atom. The maximum atomic E-state index is 11.1. The van der Waals surface area contributed by atoms with Gasteiger partial charge in [-0.15, -0.1) is 0 Å². The maximum Gasteiger partial charge on any atom is 0.494 e. The predicted molar refractivity (Wildman–Crippen MR) is 89.1 cm³/mol. The summed E-state index contributed by atoms with van der Waals surface area (Å²) in [4.78, 5) is 11.1. The zero-order valence-corrected chi connectivity index (χ0v) is 14.4. The molecule has 1 heterocycles. The summed E-state index contributed by atoms with van der Waals surface area (Å²) in [6, 6.07) is 6.20. The van der Waals surface area contributed by atoms with Gasteiger partial charge in [0, 0.05) is 13.5 Å². The van der Waals surface area contributed by atoms with Crippen LogP contribution in [0, 0.1) is 0 Å². The van der Waals surface area contributed by atoms with Crippen LogP contribution in [-0.2, 0) is 27.1 Å². The van der Waals surface area contributed by atoms with Crippen LogP contribution in [-0.4, -0.2) is 24.2 Å². The molecule has 5 heteroatoms. The molecule has 1 fully saturated rings. The summed E-state index contributed by atoms with van der Waals surface area (Å²) in [5, 5.41) is 2.85. The topological polar surface area (TPSA) is 47.6 Å². The number of nitrogens with one attached hydrogen (secondary N) is 1. The van der Waals surface area contributed by atoms with Crippen LogP contribution in [0.2, 0.25) is 0 Å². The summed E-state index contributed by atoms with van der Waals surface area (Å²) in [5.41, 5.74) is 2.71. The Morgan fingerprint density at radius 1 is 1.14 bits per heavy atom. The summed E-state index contributed by atoms with van der Waals surface area (Å²) < 4.78 is 12.2. The van der Waals surface area contributed by atoms with Gasteiger partial charge in [0.2, 0.25) is 5.91 Å². The summed E-state index contributed by atoms with van der Waals surface area (Å²) in [6.07, 6.45) is 0.905. The molecule has 1 aliphatic heterocycles. The lowest BCUT2D eigenvalue weighted by molar-refractivity contribution is -0.119. The summed E-state index contributed by atoms with van der Waals surface area (Å²) in [7, 11) is -0.342. The second-order valence-corrected chi connectivity index (χ2v) is 6.88. The number of hydrogen-bond donors (Lipinski definition) is 1. The quantitative estimate of drug-likeness (QED) is 0.867. The molecule has 0 spiro atoms. The molecule has 0 aliphatic carbocycles. The van der Waals surface area contributed by atoms with Crippen molar-refractivity contribution in [3.8, 4) is 0 Å². The molecule has 0 atom stereocenters. The van der Waals surface area contributed by atoms with Crippen molar-refractivity contribution in [2.45, 2.75) is 65.7 Å². The molecule has 0 saturated carbocycles. The van der Waals surface area contributed by atoms with E-state index in [0.717, 1.165) is 17.4 Å². The molecular formula is C17H26BNO3. The zero-order chi connectivity index (χ0) is 16.5. The minimum Gasteiger partial charge on any atom is -0.399 e. The molecule has 1 aromatic rings. The molecule has 0 radical (unpaired) electrons. The maximum absolute atomic E-state index is 11.1. The molecule has 1 N–H and O–H groups in total. The van der Waals surface area contributed by atoms with Gasteiger partial charge in [0.1, 0.15) is 0 Å². The molecule has 22 heavy (non-hydrogen) atoms. The zero-order valence-electron chi connectivity index (χ0n) is 14.4. The first kappa shape index (κ1) is 17.0. The van der Waals surface area contributed by atoms with E-state index in [4.69, 9.17) is 9.31 Å². The highest BCUT2D eigenvalue weighted by Crippen LogP contribution is 2.36. The molecular weight excluding hydrogens is 277 g/mol. The molecule has 0 unspecified atom stereocenters. The minimum absolute atomic E-state index is 0.0166. The van der Waals surface area contributed by atoms with Gasteiger partial charge in [-0.2, -0.15) is 0 Å². The standard InChI is InChI=1S/C17H26BNO3/c1-7-13-10-15(9-8-14(13)11-19-12(2)20)18-21-16(3,4)17(5,6)22-18/h8-10H,7,11H2,1-6H3,(H,19,20). The van der Waals surface area contributed by atoms with Crippen LogP contribution in [0.25, 0.3) is 0 Å². The van der Waals surface area contributed by atoms with Gasteiger partial charge >= 0.3 is 7.12 Å². The van der Waals surface area contributed by atoms with Crippen LogP contribution in [0.3, 0.4) is 0 Å². The Kier molecular flexibility index (Phi) is 4.69. The van der Waals surface area contributed by atoms with E-state index in [-0.39, 0.29) is 24.2 Å². The van der Waals surface area contributed by atoms with Crippen LogP contribution in [0.1, 0.15) is 52.7 Å². The van der Waals surface area contributed by atoms with E-state index in [1.165, 1.54) is 12.5 Å². The SMILES string of the molecule is CCc1cc(B2OC(C)(C)C(C)(C)O2)ccc1CNC(C)=O. The second-order valence-electron chi connectivity index (χ2n) is 6.88. The Labute approximate surface area is 133 Å². The van der Waals surface area contributed by atoms with Crippen LogP contribution in [0.5, 0.6) is 0 Å². The first-order valence-electron chi connectivity index (χ1n) is 7.88. The van der Waals surface area contributed by atoms with Gasteiger partial charge in [0.05, 0.1) is 11.2 Å². The number of benzene rings is 1. The molecule has 0 aromatic heterocycles. The highest BCUT2D eigenvalue weighted by atomic mass is 16.7. The van der Waals surface area contributed by atoms with Crippen LogP contribution < -0.4 is 10.8 Å². The van der Waals surface area contributed by atoms with Gasteiger partial charge in [0.25, 0.3) is 0 Å². The van der Waals surface area contributed by atoms with Gasteiger partial charge < -0.3 is 14.6 Å². The molecule has 120 valence electrons. The Balaban J connectivity index is 2.22. The number of hydrogen-bond acceptors (Lipinski definition) is 3. The third-order valence-electron chi connectivity index (χ3n) is 4.66. The fraction of sp³-hybridized carbons (Fsp3) is 0.588. The molecule has 2 rings (SSSR count). The number of aryl methyl sites for hydroxylation is 1. The van der Waals surface area contributed by atoms with Crippen molar-refractivity contribution in [1.82, 2.24) is 5.32 Å². The lowest BCUT2D eigenvalue weighted by atomic mass is 9.77. The van der Waals surface area contributed by atoms with Crippen molar-refractivity contribution < 1.29 is 14.1 Å². The third kappa shape index (κ3) is 3.36. The van der Waals surface area contributed by atoms with Gasteiger partial charge in [-0.25, -0.2) is 0 Å². The predicted octanol–water partition coefficient (Wildman–Crippen LogP) is 2.18. The van der Waals surface area contributed by atoms with Crippen molar-refractivity contribution in [3.63, 3.8) is 0 Å². The largest absolute Gasteiger partial charge is 0.494 e. The van der Waals surface area contributed by atoms with E-state index < -0.39 is 0 Å². The van der Waals surface area contributed by atoms with Gasteiger partial charge in [-0.1, -0.05) is 25.1 Å². The van der Waals surface area contributed by atoms with Crippen molar-refractivity contribution in [3.05, 3.63) is 29.3 Å². The number of carbonyl (C=O) groups is 1. The van der Waals surface area contributed by atoms with E-state index in [2.05, 4.69) is 52.1 Å². The van der Waals surface area contributed by atoms with Crippen molar-refractivity contribution in [2.75, 3.05) is 0 Å². The van der Waals surface area contributed by atoms with E-state index in [9.17, 15) is 4.79 Å². The molecule has 4 nitrogen and oxygen atoms in total. The van der Waals surface area contributed by atoms with Crippen LogP contribution in [0.4, 0.5) is 0 Å². The van der Waals surface area contributed by atoms with E-state index in [0.29, 0.717) is 6.54 Å². The van der Waals surface area contributed by atoms with E-state index >= 15 is 0 Å². The number of rotatable bonds is 4. The van der Waals surface area contributed by atoms with Crippen LogP contribution in [0.15, 0.2) is 18.2 Å². The lowest BCUT2D eigenvalue weighted by Crippen LogP contribution is -2.41. The molecule has 0 bridgehead atoms. The minimum atomic E-state index is -0.342. The average molecular weight is 303 g/mol. The Morgan fingerprint density at radius 3 is 2.23 bits per heavy atom. The summed E-state index contributed by atoms with van der Waals surface area (Å²) in [5.74, 6) is -0.0166. The van der Waals surface area contributed by atoms with Crippen LogP contribution >= 0.6 is 0 Å². The van der Waals surface area contributed by atoms with Crippen molar-refractivity contribution in [2.24, 2.45) is 0 Å². The average Bonchev–Trinajstić information content (AvgIpc) is 2.65. The Hall–Kier alpha value is -1.33. The highest BCUT2D eigenvalue weighted by molar-refractivity contribution is 6.62. The molecule has 1 aliphatic rings. The van der Waals surface area contributed by atoms with E-state index in [1.54, 1.807) is 0 Å². The normalized spacial score (nSPS) is 19.3. The third-order valence-corrected chi connectivity index (χ3v) is 4.66.